The zero-order valence-corrected chi connectivity index (χ0v) is 7.43. The Hall–Kier alpha value is -1.38. The van der Waals surface area contributed by atoms with Crippen LogP contribution in [0.5, 0.6) is 0 Å². The van der Waals surface area contributed by atoms with Crippen molar-refractivity contribution in [3.8, 4) is 0 Å². The van der Waals surface area contributed by atoms with E-state index in [9.17, 15) is 9.18 Å². The third-order valence-corrected chi connectivity index (χ3v) is 1.59. The molecule has 0 aliphatic rings. The highest BCUT2D eigenvalue weighted by molar-refractivity contribution is 5.94. The zero-order valence-electron chi connectivity index (χ0n) is 7.43. The number of carbonyl (C=O) groups is 1. The summed E-state index contributed by atoms with van der Waals surface area (Å²) in [5.41, 5.74) is 0.0761. The Morgan fingerprint density at radius 2 is 2.46 bits per heavy atom. The molecule has 1 rings (SSSR count). The standard InChI is InChI=1S/C10H11FNO/c1-2-7-12-10(13)8-5-3-4-6-9(8)11/h3,5-6H,2,7H2,1H3,(H,12,13). The van der Waals surface area contributed by atoms with Crippen LogP contribution < -0.4 is 5.32 Å². The van der Waals surface area contributed by atoms with Gasteiger partial charge in [-0.2, -0.15) is 0 Å². The molecule has 0 aliphatic heterocycles. The van der Waals surface area contributed by atoms with Gasteiger partial charge in [0.05, 0.1) is 5.56 Å². The predicted molar refractivity (Wildman–Crippen MR) is 47.9 cm³/mol. The summed E-state index contributed by atoms with van der Waals surface area (Å²) in [6.07, 6.45) is 0.840. The molecule has 0 saturated heterocycles. The minimum absolute atomic E-state index is 0.0761. The maximum absolute atomic E-state index is 13.0. The van der Waals surface area contributed by atoms with E-state index in [-0.39, 0.29) is 11.5 Å². The lowest BCUT2D eigenvalue weighted by Gasteiger charge is -2.03. The summed E-state index contributed by atoms with van der Waals surface area (Å²) in [6, 6.07) is 6.65. The van der Waals surface area contributed by atoms with Gasteiger partial charge in [-0.3, -0.25) is 4.79 Å². The Kier molecular flexibility index (Phi) is 3.43. The van der Waals surface area contributed by atoms with Crippen LogP contribution in [0.3, 0.4) is 0 Å². The molecule has 0 bridgehead atoms. The molecule has 1 aromatic carbocycles. The fourth-order valence-electron chi connectivity index (χ4n) is 0.928. The molecule has 0 aliphatic carbocycles. The predicted octanol–water partition coefficient (Wildman–Crippen LogP) is 1.77. The number of rotatable bonds is 3. The van der Waals surface area contributed by atoms with E-state index in [1.54, 1.807) is 0 Å². The summed E-state index contributed by atoms with van der Waals surface area (Å²) in [4.78, 5) is 11.3. The van der Waals surface area contributed by atoms with E-state index < -0.39 is 5.82 Å². The summed E-state index contributed by atoms with van der Waals surface area (Å²) < 4.78 is 13.0. The second-order valence-corrected chi connectivity index (χ2v) is 2.66. The Morgan fingerprint density at radius 3 is 3.08 bits per heavy atom. The van der Waals surface area contributed by atoms with Gasteiger partial charge in [0.25, 0.3) is 5.91 Å². The Labute approximate surface area is 76.8 Å². The maximum atomic E-state index is 13.0. The highest BCUT2D eigenvalue weighted by atomic mass is 19.1. The number of hydrogen-bond donors (Lipinski definition) is 1. The first-order valence-corrected chi connectivity index (χ1v) is 4.19. The van der Waals surface area contributed by atoms with Gasteiger partial charge in [-0.15, -0.1) is 0 Å². The normalized spacial score (nSPS) is 9.69. The highest BCUT2D eigenvalue weighted by Crippen LogP contribution is 2.04. The van der Waals surface area contributed by atoms with Gasteiger partial charge in [0, 0.05) is 6.54 Å². The first-order chi connectivity index (χ1) is 6.25. The van der Waals surface area contributed by atoms with Crippen molar-refractivity contribution in [2.24, 2.45) is 0 Å². The number of hydrogen-bond acceptors (Lipinski definition) is 1. The van der Waals surface area contributed by atoms with Crippen LogP contribution in [-0.4, -0.2) is 12.5 Å². The van der Waals surface area contributed by atoms with Gasteiger partial charge in [0.2, 0.25) is 0 Å². The van der Waals surface area contributed by atoms with Crippen LogP contribution in [0.15, 0.2) is 18.2 Å². The molecule has 2 nitrogen and oxygen atoms in total. The lowest BCUT2D eigenvalue weighted by Crippen LogP contribution is -2.24. The monoisotopic (exact) mass is 180 g/mol. The van der Waals surface area contributed by atoms with Crippen molar-refractivity contribution in [2.75, 3.05) is 6.54 Å². The maximum Gasteiger partial charge on any atom is 0.254 e. The molecule has 0 spiro atoms. The van der Waals surface area contributed by atoms with E-state index in [0.29, 0.717) is 6.54 Å². The van der Waals surface area contributed by atoms with Gasteiger partial charge < -0.3 is 5.32 Å². The van der Waals surface area contributed by atoms with Crippen LogP contribution in [-0.2, 0) is 0 Å². The van der Waals surface area contributed by atoms with E-state index >= 15 is 0 Å². The fraction of sp³-hybridized carbons (Fsp3) is 0.300. The van der Waals surface area contributed by atoms with Gasteiger partial charge in [-0.25, -0.2) is 4.39 Å². The van der Waals surface area contributed by atoms with Gasteiger partial charge in [0.15, 0.2) is 0 Å². The molecule has 0 heterocycles. The minimum atomic E-state index is -0.531. The third-order valence-electron chi connectivity index (χ3n) is 1.59. The van der Waals surface area contributed by atoms with Crippen molar-refractivity contribution in [2.45, 2.75) is 13.3 Å². The number of benzene rings is 1. The number of amides is 1. The summed E-state index contributed by atoms with van der Waals surface area (Å²) in [5, 5.41) is 2.60. The molecule has 0 atom stereocenters. The van der Waals surface area contributed by atoms with Gasteiger partial charge in [-0.1, -0.05) is 13.0 Å². The Balaban J connectivity index is 2.71. The van der Waals surface area contributed by atoms with E-state index in [1.807, 2.05) is 6.92 Å². The summed E-state index contributed by atoms with van der Waals surface area (Å²) in [6.45, 7) is 2.51. The Morgan fingerprint density at radius 1 is 1.69 bits per heavy atom. The molecule has 69 valence electrons. The molecule has 1 amide bonds. The summed E-state index contributed by atoms with van der Waals surface area (Å²) in [5.74, 6) is -0.899. The van der Waals surface area contributed by atoms with Crippen molar-refractivity contribution in [1.29, 1.82) is 0 Å². The number of halogens is 1. The van der Waals surface area contributed by atoms with Crippen LogP contribution in [0.25, 0.3) is 0 Å². The van der Waals surface area contributed by atoms with Crippen molar-refractivity contribution >= 4 is 5.91 Å². The van der Waals surface area contributed by atoms with E-state index in [4.69, 9.17) is 0 Å². The second-order valence-electron chi connectivity index (χ2n) is 2.66. The van der Waals surface area contributed by atoms with Crippen molar-refractivity contribution in [3.05, 3.63) is 35.6 Å². The van der Waals surface area contributed by atoms with Crippen molar-refractivity contribution < 1.29 is 9.18 Å². The second kappa shape index (κ2) is 4.60. The van der Waals surface area contributed by atoms with Crippen LogP contribution >= 0.6 is 0 Å². The summed E-state index contributed by atoms with van der Waals surface area (Å²) >= 11 is 0. The summed E-state index contributed by atoms with van der Waals surface area (Å²) in [7, 11) is 0. The average molecular weight is 180 g/mol. The topological polar surface area (TPSA) is 29.1 Å². The lowest BCUT2D eigenvalue weighted by molar-refractivity contribution is 0.0949. The van der Waals surface area contributed by atoms with Crippen molar-refractivity contribution in [1.82, 2.24) is 5.32 Å². The van der Waals surface area contributed by atoms with Crippen molar-refractivity contribution in [3.63, 3.8) is 0 Å². The molecule has 0 aromatic heterocycles. The smallest absolute Gasteiger partial charge is 0.254 e. The van der Waals surface area contributed by atoms with Crippen LogP contribution in [0, 0.1) is 11.9 Å². The average Bonchev–Trinajstić information content (AvgIpc) is 2.15. The first-order valence-electron chi connectivity index (χ1n) is 4.19. The van der Waals surface area contributed by atoms with Crippen LogP contribution in [0.2, 0.25) is 0 Å². The van der Waals surface area contributed by atoms with Crippen LogP contribution in [0.1, 0.15) is 23.7 Å². The SMILES string of the molecule is CCCNC(=O)c1cc[c]cc1F. The van der Waals surface area contributed by atoms with E-state index in [1.165, 1.54) is 12.1 Å². The van der Waals surface area contributed by atoms with Gasteiger partial charge in [-0.05, 0) is 24.6 Å². The van der Waals surface area contributed by atoms with Gasteiger partial charge >= 0.3 is 0 Å². The molecule has 1 N–H and O–H groups in total. The zero-order chi connectivity index (χ0) is 9.68. The molecule has 1 radical (unpaired) electrons. The number of nitrogens with one attached hydrogen (secondary N) is 1. The molecule has 13 heavy (non-hydrogen) atoms. The molecular weight excluding hydrogens is 169 g/mol. The Bertz CT molecular complexity index is 299. The molecule has 0 saturated carbocycles. The molecule has 0 fully saturated rings. The fourth-order valence-corrected chi connectivity index (χ4v) is 0.928. The molecular formula is C10H11FNO. The van der Waals surface area contributed by atoms with E-state index in [0.717, 1.165) is 12.5 Å². The molecule has 1 aromatic rings. The van der Waals surface area contributed by atoms with E-state index in [2.05, 4.69) is 11.4 Å². The number of carbonyl (C=O) groups excluding carboxylic acids is 1. The third kappa shape index (κ3) is 2.54. The highest BCUT2D eigenvalue weighted by Gasteiger charge is 2.08. The minimum Gasteiger partial charge on any atom is -0.352 e. The lowest BCUT2D eigenvalue weighted by atomic mass is 10.2. The molecule has 0 unspecified atom stereocenters. The van der Waals surface area contributed by atoms with Gasteiger partial charge in [0.1, 0.15) is 5.82 Å². The van der Waals surface area contributed by atoms with Crippen LogP contribution in [0.4, 0.5) is 4.39 Å². The largest absolute Gasteiger partial charge is 0.352 e. The quantitative estimate of drug-likeness (QED) is 0.754. The first kappa shape index (κ1) is 9.71. The molecule has 3 heteroatoms.